The molecule has 23 heavy (non-hydrogen) atoms. The maximum absolute atomic E-state index is 12.0. The molecule has 2 rings (SSSR count). The number of likely N-dealkylation sites (tertiary alicyclic amines) is 1. The lowest BCUT2D eigenvalue weighted by molar-refractivity contribution is -0.117. The van der Waals surface area contributed by atoms with Crippen LogP contribution in [0.1, 0.15) is 30.9 Å². The van der Waals surface area contributed by atoms with Gasteiger partial charge in [-0.3, -0.25) is 9.69 Å². The normalized spacial score (nSPS) is 18.9. The molecule has 1 aromatic carbocycles. The summed E-state index contributed by atoms with van der Waals surface area (Å²) in [6, 6.07) is 8.16. The fourth-order valence-electron chi connectivity index (χ4n) is 2.91. The predicted octanol–water partition coefficient (Wildman–Crippen LogP) is 1.12. The zero-order chi connectivity index (χ0) is 16.9. The number of sulfone groups is 1. The first-order valence-electron chi connectivity index (χ1n) is 7.78. The van der Waals surface area contributed by atoms with Gasteiger partial charge in [-0.05, 0) is 37.1 Å². The summed E-state index contributed by atoms with van der Waals surface area (Å²) in [6.45, 7) is 1.37. The molecule has 0 spiro atoms. The van der Waals surface area contributed by atoms with Crippen molar-refractivity contribution < 1.29 is 17.9 Å². The van der Waals surface area contributed by atoms with E-state index in [1.54, 1.807) is 7.11 Å². The second-order valence-electron chi connectivity index (χ2n) is 5.84. The van der Waals surface area contributed by atoms with Crippen LogP contribution in [0.2, 0.25) is 0 Å². The third-order valence-electron chi connectivity index (χ3n) is 4.21. The van der Waals surface area contributed by atoms with Crippen molar-refractivity contribution in [1.29, 1.82) is 0 Å². The smallest absolute Gasteiger partial charge is 0.218 e. The van der Waals surface area contributed by atoms with Crippen LogP contribution < -0.4 is 10.5 Å². The summed E-state index contributed by atoms with van der Waals surface area (Å²) in [7, 11) is -1.61. The fraction of sp³-hybridized carbons (Fsp3) is 0.562. The van der Waals surface area contributed by atoms with Crippen LogP contribution in [0.3, 0.4) is 0 Å². The summed E-state index contributed by atoms with van der Waals surface area (Å²) in [5.41, 5.74) is 6.19. The van der Waals surface area contributed by atoms with Gasteiger partial charge in [0.1, 0.15) is 5.75 Å². The lowest BCUT2D eigenvalue weighted by Gasteiger charge is -2.24. The number of carbonyl (C=O) groups is 1. The number of ether oxygens (including phenoxy) is 1. The molecule has 1 aromatic rings. The van der Waals surface area contributed by atoms with Crippen molar-refractivity contribution in [2.45, 2.75) is 25.3 Å². The van der Waals surface area contributed by atoms with Crippen LogP contribution in [-0.2, 0) is 14.6 Å². The van der Waals surface area contributed by atoms with Gasteiger partial charge in [-0.25, -0.2) is 8.42 Å². The molecule has 0 unspecified atom stereocenters. The standard InChI is InChI=1S/C16H24N2O4S/c1-22-14-6-4-13(5-7-14)15-3-2-9-18(15)10-12-23(20,21)11-8-16(17)19/h4-7,15H,2-3,8-12H2,1H3,(H2,17,19)/t15-/m0/s1. The summed E-state index contributed by atoms with van der Waals surface area (Å²) >= 11 is 0. The topological polar surface area (TPSA) is 89.7 Å². The van der Waals surface area contributed by atoms with Crippen LogP contribution in [-0.4, -0.2) is 50.9 Å². The van der Waals surface area contributed by atoms with Crippen LogP contribution in [0.5, 0.6) is 5.75 Å². The van der Waals surface area contributed by atoms with Crippen LogP contribution in [0.15, 0.2) is 24.3 Å². The van der Waals surface area contributed by atoms with E-state index in [0.717, 1.165) is 25.1 Å². The maximum Gasteiger partial charge on any atom is 0.218 e. The Morgan fingerprint density at radius 1 is 1.30 bits per heavy atom. The van der Waals surface area contributed by atoms with Crippen molar-refractivity contribution in [2.75, 3.05) is 31.7 Å². The number of hydrogen-bond donors (Lipinski definition) is 1. The first-order valence-corrected chi connectivity index (χ1v) is 9.60. The Bertz CT molecular complexity index is 628. The Kier molecular flexibility index (Phi) is 6.01. The van der Waals surface area contributed by atoms with E-state index in [0.29, 0.717) is 6.54 Å². The first-order chi connectivity index (χ1) is 10.9. The van der Waals surface area contributed by atoms with Crippen molar-refractivity contribution in [3.8, 4) is 5.75 Å². The minimum absolute atomic E-state index is 0.0624. The first kappa shape index (κ1) is 17.7. The van der Waals surface area contributed by atoms with E-state index >= 15 is 0 Å². The van der Waals surface area contributed by atoms with Gasteiger partial charge in [-0.15, -0.1) is 0 Å². The lowest BCUT2D eigenvalue weighted by atomic mass is 10.0. The van der Waals surface area contributed by atoms with Crippen molar-refractivity contribution in [3.63, 3.8) is 0 Å². The van der Waals surface area contributed by atoms with Crippen molar-refractivity contribution >= 4 is 15.7 Å². The molecule has 2 N–H and O–H groups in total. The third kappa shape index (κ3) is 5.21. The number of nitrogens with zero attached hydrogens (tertiary/aromatic N) is 1. The number of nitrogens with two attached hydrogens (primary N) is 1. The van der Waals surface area contributed by atoms with E-state index in [1.165, 1.54) is 5.56 Å². The molecular formula is C16H24N2O4S. The number of amides is 1. The van der Waals surface area contributed by atoms with Gasteiger partial charge >= 0.3 is 0 Å². The van der Waals surface area contributed by atoms with E-state index in [-0.39, 0.29) is 24.0 Å². The summed E-state index contributed by atoms with van der Waals surface area (Å²) < 4.78 is 29.1. The zero-order valence-electron chi connectivity index (χ0n) is 13.4. The van der Waals surface area contributed by atoms with Crippen LogP contribution in [0, 0.1) is 0 Å². The van der Waals surface area contributed by atoms with Gasteiger partial charge in [0, 0.05) is 19.0 Å². The van der Waals surface area contributed by atoms with Gasteiger partial charge in [-0.2, -0.15) is 0 Å². The van der Waals surface area contributed by atoms with Crippen LogP contribution >= 0.6 is 0 Å². The summed E-state index contributed by atoms with van der Waals surface area (Å²) in [5.74, 6) is 0.134. The average molecular weight is 340 g/mol. The second-order valence-corrected chi connectivity index (χ2v) is 8.14. The third-order valence-corrected chi connectivity index (χ3v) is 5.84. The molecule has 1 aliphatic rings. The predicted molar refractivity (Wildman–Crippen MR) is 89.0 cm³/mol. The summed E-state index contributed by atoms with van der Waals surface area (Å²) in [5, 5.41) is 0. The van der Waals surface area contributed by atoms with E-state index in [4.69, 9.17) is 10.5 Å². The molecule has 0 aliphatic carbocycles. The highest BCUT2D eigenvalue weighted by molar-refractivity contribution is 7.91. The molecule has 0 aromatic heterocycles. The molecule has 1 atom stereocenters. The number of carbonyl (C=O) groups excluding carboxylic acids is 1. The molecule has 7 heteroatoms. The minimum Gasteiger partial charge on any atom is -0.497 e. The molecule has 1 amide bonds. The molecule has 0 saturated carbocycles. The zero-order valence-corrected chi connectivity index (χ0v) is 14.2. The molecule has 128 valence electrons. The SMILES string of the molecule is COc1ccc([C@@H]2CCCN2CCS(=O)(=O)CCC(N)=O)cc1. The molecule has 6 nitrogen and oxygen atoms in total. The van der Waals surface area contributed by atoms with Crippen molar-refractivity contribution in [3.05, 3.63) is 29.8 Å². The molecule has 1 heterocycles. The molecule has 1 fully saturated rings. The molecule has 0 radical (unpaired) electrons. The highest BCUT2D eigenvalue weighted by atomic mass is 32.2. The Morgan fingerprint density at radius 3 is 2.61 bits per heavy atom. The summed E-state index contributed by atoms with van der Waals surface area (Å²) in [4.78, 5) is 12.9. The molecule has 1 aliphatic heterocycles. The van der Waals surface area contributed by atoms with Crippen LogP contribution in [0.25, 0.3) is 0 Å². The Hall–Kier alpha value is -1.60. The maximum atomic E-state index is 12.0. The highest BCUT2D eigenvalue weighted by Gasteiger charge is 2.27. The number of benzene rings is 1. The number of methoxy groups -OCH3 is 1. The number of hydrogen-bond acceptors (Lipinski definition) is 5. The van der Waals surface area contributed by atoms with Gasteiger partial charge in [-0.1, -0.05) is 12.1 Å². The lowest BCUT2D eigenvalue weighted by Crippen LogP contribution is -2.30. The average Bonchev–Trinajstić information content (AvgIpc) is 3.00. The van der Waals surface area contributed by atoms with Gasteiger partial charge in [0.05, 0.1) is 18.6 Å². The Morgan fingerprint density at radius 2 is 2.00 bits per heavy atom. The number of rotatable bonds is 8. The van der Waals surface area contributed by atoms with E-state index in [9.17, 15) is 13.2 Å². The number of primary amides is 1. The largest absolute Gasteiger partial charge is 0.497 e. The Balaban J connectivity index is 1.94. The molecule has 1 saturated heterocycles. The summed E-state index contributed by atoms with van der Waals surface area (Å²) in [6.07, 6.45) is 1.97. The van der Waals surface area contributed by atoms with E-state index in [1.807, 2.05) is 24.3 Å². The van der Waals surface area contributed by atoms with E-state index < -0.39 is 15.7 Å². The van der Waals surface area contributed by atoms with Crippen molar-refractivity contribution in [2.24, 2.45) is 5.73 Å². The monoisotopic (exact) mass is 340 g/mol. The van der Waals surface area contributed by atoms with E-state index in [2.05, 4.69) is 4.90 Å². The second kappa shape index (κ2) is 7.79. The van der Waals surface area contributed by atoms with Crippen molar-refractivity contribution in [1.82, 2.24) is 4.90 Å². The minimum atomic E-state index is -3.24. The van der Waals surface area contributed by atoms with Gasteiger partial charge in [0.25, 0.3) is 0 Å². The van der Waals surface area contributed by atoms with Crippen LogP contribution in [0.4, 0.5) is 0 Å². The Labute approximate surface area is 137 Å². The van der Waals surface area contributed by atoms with Gasteiger partial charge in [0.2, 0.25) is 5.91 Å². The van der Waals surface area contributed by atoms with Gasteiger partial charge in [0.15, 0.2) is 9.84 Å². The fourth-order valence-corrected chi connectivity index (χ4v) is 4.14. The molecule has 0 bridgehead atoms. The van der Waals surface area contributed by atoms with Gasteiger partial charge < -0.3 is 10.5 Å². The quantitative estimate of drug-likeness (QED) is 0.766. The highest BCUT2D eigenvalue weighted by Crippen LogP contribution is 2.32. The molecular weight excluding hydrogens is 316 g/mol.